The molecule has 152 valence electrons. The lowest BCUT2D eigenvalue weighted by Gasteiger charge is -2.11. The van der Waals surface area contributed by atoms with E-state index in [1.54, 1.807) is 60.8 Å². The van der Waals surface area contributed by atoms with Crippen molar-refractivity contribution in [1.82, 2.24) is 15.0 Å². The molecule has 3 rings (SSSR count). The summed E-state index contributed by atoms with van der Waals surface area (Å²) in [6.07, 6.45) is 1.58. The van der Waals surface area contributed by atoms with Crippen LogP contribution in [0.1, 0.15) is 21.1 Å². The molecule has 10 heteroatoms. The van der Waals surface area contributed by atoms with Crippen LogP contribution in [0.4, 0.5) is 11.9 Å². The number of nitrogens with two attached hydrogens (primary N) is 1. The lowest BCUT2D eigenvalue weighted by atomic mass is 10.1. The van der Waals surface area contributed by atoms with Gasteiger partial charge in [-0.3, -0.25) is 0 Å². The van der Waals surface area contributed by atoms with Crippen molar-refractivity contribution in [3.8, 4) is 17.6 Å². The van der Waals surface area contributed by atoms with Gasteiger partial charge < -0.3 is 20.1 Å². The molecule has 0 saturated heterocycles. The van der Waals surface area contributed by atoms with E-state index < -0.39 is 5.97 Å². The monoisotopic (exact) mass is 422 g/mol. The van der Waals surface area contributed by atoms with Crippen LogP contribution >= 0.6 is 11.3 Å². The largest absolute Gasteiger partial charge is 0.493 e. The Hall–Kier alpha value is -3.97. The van der Waals surface area contributed by atoms with Gasteiger partial charge in [0.05, 0.1) is 12.7 Å². The van der Waals surface area contributed by atoms with E-state index in [1.165, 1.54) is 18.4 Å². The predicted octanol–water partition coefficient (Wildman–Crippen LogP) is 2.87. The van der Waals surface area contributed by atoms with Gasteiger partial charge in [0.2, 0.25) is 11.9 Å². The number of nitrogens with zero attached hydrogens (tertiary/aromatic N) is 5. The summed E-state index contributed by atoms with van der Waals surface area (Å²) in [6, 6.07) is 10.4. The Morgan fingerprint density at radius 3 is 2.67 bits per heavy atom. The molecule has 0 saturated carbocycles. The zero-order valence-electron chi connectivity index (χ0n) is 16.5. The second-order valence-corrected chi connectivity index (χ2v) is 7.11. The third-order valence-corrected chi connectivity index (χ3v) is 4.68. The summed E-state index contributed by atoms with van der Waals surface area (Å²) in [4.78, 5) is 26.7. The molecule has 30 heavy (non-hydrogen) atoms. The summed E-state index contributed by atoms with van der Waals surface area (Å²) in [5.41, 5.74) is 6.56. The lowest BCUT2D eigenvalue weighted by Crippen LogP contribution is -2.15. The average Bonchev–Trinajstić information content (AvgIpc) is 3.27. The van der Waals surface area contributed by atoms with Crippen LogP contribution in [-0.2, 0) is 0 Å². The van der Waals surface area contributed by atoms with Crippen LogP contribution < -0.4 is 20.1 Å². The zero-order valence-corrected chi connectivity index (χ0v) is 17.3. The molecule has 2 heterocycles. The Labute approximate surface area is 177 Å². The number of benzene rings is 1. The van der Waals surface area contributed by atoms with Crippen molar-refractivity contribution < 1.29 is 14.3 Å². The molecule has 0 unspecified atom stereocenters. The molecule has 2 N–H and O–H groups in total. The van der Waals surface area contributed by atoms with Gasteiger partial charge in [-0.15, -0.1) is 11.3 Å². The van der Waals surface area contributed by atoms with E-state index in [1.807, 2.05) is 0 Å². The minimum atomic E-state index is -0.471. The molecule has 0 fully saturated rings. The van der Waals surface area contributed by atoms with Gasteiger partial charge in [0.25, 0.3) is 0 Å². The van der Waals surface area contributed by atoms with Gasteiger partial charge in [-0.1, -0.05) is 12.1 Å². The van der Waals surface area contributed by atoms with Crippen LogP contribution in [0.5, 0.6) is 11.5 Å². The van der Waals surface area contributed by atoms with E-state index in [-0.39, 0.29) is 23.1 Å². The summed E-state index contributed by atoms with van der Waals surface area (Å²) in [7, 11) is 4.98. The molecule has 0 aliphatic heterocycles. The number of anilines is 2. The van der Waals surface area contributed by atoms with Crippen LogP contribution in [0, 0.1) is 11.3 Å². The number of methoxy groups -OCH3 is 1. The van der Waals surface area contributed by atoms with Gasteiger partial charge in [0.15, 0.2) is 17.3 Å². The van der Waals surface area contributed by atoms with Crippen molar-refractivity contribution in [2.75, 3.05) is 31.8 Å². The van der Waals surface area contributed by atoms with E-state index in [0.717, 1.165) is 0 Å². The lowest BCUT2D eigenvalue weighted by molar-refractivity contribution is 0.0735. The smallest absolute Gasteiger partial charge is 0.353 e. The number of hydrogen-bond acceptors (Lipinski definition) is 10. The molecule has 0 atom stereocenters. The Morgan fingerprint density at radius 2 is 2.03 bits per heavy atom. The van der Waals surface area contributed by atoms with Crippen molar-refractivity contribution in [3.05, 3.63) is 52.0 Å². The molecule has 2 aromatic heterocycles. The van der Waals surface area contributed by atoms with E-state index in [4.69, 9.17) is 15.2 Å². The number of thiophene rings is 1. The Balaban J connectivity index is 1.92. The fraction of sp³-hybridized carbons (Fsp3) is 0.150. The van der Waals surface area contributed by atoms with Crippen LogP contribution in [-0.4, -0.2) is 42.1 Å². The Bertz CT molecular complexity index is 1140. The first kappa shape index (κ1) is 20.8. The molecule has 0 radical (unpaired) electrons. The van der Waals surface area contributed by atoms with Gasteiger partial charge in [-0.2, -0.15) is 20.2 Å². The Kier molecular flexibility index (Phi) is 6.24. The van der Waals surface area contributed by atoms with Crippen molar-refractivity contribution in [2.45, 2.75) is 0 Å². The number of esters is 1. The zero-order chi connectivity index (χ0) is 21.7. The number of carbonyl (C=O) groups excluding carboxylic acids is 1. The summed E-state index contributed by atoms with van der Waals surface area (Å²) in [5, 5.41) is 11.4. The number of nitriles is 1. The van der Waals surface area contributed by atoms with E-state index >= 15 is 0 Å². The number of allylic oxidation sites excluding steroid dienone is 1. The standard InChI is InChI=1S/C20H18N6O3S/c1-26(2)20-24-17(23-19(22)25-20)13(11-21)9-12-6-7-14(15(10-12)28-3)29-18(27)16-5-4-8-30-16/h4-10H,1-3H3,(H2,22,23,24,25)/b13-9+. The average molecular weight is 422 g/mol. The van der Waals surface area contributed by atoms with Gasteiger partial charge in [-0.25, -0.2) is 4.79 Å². The molecular weight excluding hydrogens is 404 g/mol. The molecule has 9 nitrogen and oxygen atoms in total. The summed E-state index contributed by atoms with van der Waals surface area (Å²) in [5.74, 6) is 0.647. The number of aromatic nitrogens is 3. The predicted molar refractivity (Wildman–Crippen MR) is 114 cm³/mol. The highest BCUT2D eigenvalue weighted by atomic mass is 32.1. The first-order chi connectivity index (χ1) is 14.4. The highest BCUT2D eigenvalue weighted by Gasteiger charge is 2.15. The Morgan fingerprint density at radius 1 is 1.23 bits per heavy atom. The number of carbonyl (C=O) groups is 1. The molecule has 1 aromatic carbocycles. The molecular formula is C20H18N6O3S. The molecule has 0 aliphatic carbocycles. The van der Waals surface area contributed by atoms with Crippen molar-refractivity contribution in [2.24, 2.45) is 0 Å². The van der Waals surface area contributed by atoms with Crippen molar-refractivity contribution in [3.63, 3.8) is 0 Å². The maximum Gasteiger partial charge on any atom is 0.353 e. The van der Waals surface area contributed by atoms with Crippen LogP contribution in [0.2, 0.25) is 0 Å². The SMILES string of the molecule is COc1cc(/C=C(\C#N)c2nc(N)nc(N(C)C)n2)ccc1OC(=O)c1cccs1. The maximum absolute atomic E-state index is 12.2. The fourth-order valence-electron chi connectivity index (χ4n) is 2.42. The third kappa shape index (κ3) is 4.71. The number of rotatable bonds is 6. The summed E-state index contributed by atoms with van der Waals surface area (Å²) < 4.78 is 10.8. The number of nitrogen functional groups attached to an aromatic ring is 1. The van der Waals surface area contributed by atoms with Gasteiger partial charge >= 0.3 is 5.97 Å². The highest BCUT2D eigenvalue weighted by molar-refractivity contribution is 7.12. The van der Waals surface area contributed by atoms with Gasteiger partial charge in [0, 0.05) is 14.1 Å². The fourth-order valence-corrected chi connectivity index (χ4v) is 3.02. The van der Waals surface area contributed by atoms with Crippen LogP contribution in [0.3, 0.4) is 0 Å². The summed E-state index contributed by atoms with van der Waals surface area (Å²) >= 11 is 1.29. The van der Waals surface area contributed by atoms with Gasteiger partial charge in [-0.05, 0) is 35.2 Å². The first-order valence-electron chi connectivity index (χ1n) is 8.66. The van der Waals surface area contributed by atoms with E-state index in [9.17, 15) is 10.1 Å². The van der Waals surface area contributed by atoms with Crippen molar-refractivity contribution >= 4 is 40.9 Å². The van der Waals surface area contributed by atoms with Gasteiger partial charge in [0.1, 0.15) is 10.9 Å². The van der Waals surface area contributed by atoms with E-state index in [2.05, 4.69) is 21.0 Å². The second kappa shape index (κ2) is 9.02. The molecule has 0 amide bonds. The van der Waals surface area contributed by atoms with Crippen LogP contribution in [0.15, 0.2) is 35.7 Å². The first-order valence-corrected chi connectivity index (χ1v) is 9.54. The molecule has 0 bridgehead atoms. The second-order valence-electron chi connectivity index (χ2n) is 6.16. The minimum Gasteiger partial charge on any atom is -0.493 e. The topological polar surface area (TPSA) is 127 Å². The normalized spacial score (nSPS) is 10.9. The third-order valence-electron chi connectivity index (χ3n) is 3.83. The number of ether oxygens (including phenoxy) is 2. The maximum atomic E-state index is 12.2. The van der Waals surface area contributed by atoms with E-state index in [0.29, 0.717) is 22.1 Å². The minimum absolute atomic E-state index is 0.0123. The summed E-state index contributed by atoms with van der Waals surface area (Å²) in [6.45, 7) is 0. The quantitative estimate of drug-likeness (QED) is 0.362. The molecule has 0 spiro atoms. The highest BCUT2D eigenvalue weighted by Crippen LogP contribution is 2.30. The number of hydrogen-bond donors (Lipinski definition) is 1. The molecule has 0 aliphatic rings. The van der Waals surface area contributed by atoms with Crippen molar-refractivity contribution in [1.29, 1.82) is 5.26 Å². The van der Waals surface area contributed by atoms with Crippen LogP contribution in [0.25, 0.3) is 11.6 Å². The molecule has 3 aromatic rings.